The number of amides is 6. The molecule has 6 amide bonds. The number of halogens is 1. The topological polar surface area (TPSA) is 164 Å². The van der Waals surface area contributed by atoms with Crippen LogP contribution in [0.1, 0.15) is 111 Å². The molecule has 2 aromatic rings. The van der Waals surface area contributed by atoms with E-state index in [4.69, 9.17) is 13.9 Å². The summed E-state index contributed by atoms with van der Waals surface area (Å²) in [4.78, 5) is 71.3. The fourth-order valence-electron chi connectivity index (χ4n) is 8.03. The van der Waals surface area contributed by atoms with E-state index in [1.54, 1.807) is 12.1 Å². The lowest BCUT2D eigenvalue weighted by Crippen LogP contribution is -2.59. The number of hydrogen-bond acceptors (Lipinski definition) is 8. The summed E-state index contributed by atoms with van der Waals surface area (Å²) >= 11 is 0. The van der Waals surface area contributed by atoms with Crippen LogP contribution in [-0.4, -0.2) is 99.2 Å². The summed E-state index contributed by atoms with van der Waals surface area (Å²) in [5, 5.41) is 11.3. The highest BCUT2D eigenvalue weighted by atomic mass is 28.4. The maximum absolute atomic E-state index is 14.9. The lowest BCUT2D eigenvalue weighted by atomic mass is 9.82. The van der Waals surface area contributed by atoms with E-state index < -0.39 is 85.6 Å². The van der Waals surface area contributed by atoms with Crippen LogP contribution in [0.15, 0.2) is 54.6 Å². The molecule has 1 saturated carbocycles. The fraction of sp³-hybridized carbons (Fsp3) is 0.653. The standard InChI is InChI=1S/C49H76FN5O8Si/c1-33(2)42(45(58)51-40(31-35-19-15-12-16-20-35)44(57)54-46(59)55-25-27-61-28-26-55)53-43(56)37(29-36-21-23-38(50)24-22-36)32-41(63-64(9,10)49(6,7)8)39(30-34-17-13-11-14-18-34)52-47(60)62-48(3,4)5/h12,15-16,19-24,33-34,37,39-42H,11,13-14,17-18,25-32H2,1-10H3,(H,51,58)(H,52,60)(H,53,56)(H,54,57,59). The number of morpholine rings is 1. The van der Waals surface area contributed by atoms with Gasteiger partial charge in [0.1, 0.15) is 23.5 Å². The van der Waals surface area contributed by atoms with Crippen LogP contribution in [0.3, 0.4) is 0 Å². The zero-order valence-corrected chi connectivity index (χ0v) is 41.0. The number of carbonyl (C=O) groups excluding carboxylic acids is 5. The molecule has 2 aromatic carbocycles. The fourth-order valence-corrected chi connectivity index (χ4v) is 9.40. The van der Waals surface area contributed by atoms with Crippen molar-refractivity contribution in [2.75, 3.05) is 26.3 Å². The Hall–Kier alpha value is -4.34. The zero-order chi connectivity index (χ0) is 47.2. The third-order valence-electron chi connectivity index (χ3n) is 12.7. The Morgan fingerprint density at radius 3 is 1.98 bits per heavy atom. The van der Waals surface area contributed by atoms with Crippen LogP contribution in [0.4, 0.5) is 14.0 Å². The minimum atomic E-state index is -2.56. The maximum atomic E-state index is 14.9. The molecule has 64 heavy (non-hydrogen) atoms. The first-order valence-electron chi connectivity index (χ1n) is 23.2. The van der Waals surface area contributed by atoms with Crippen LogP contribution in [0, 0.1) is 23.6 Å². The molecule has 0 bridgehead atoms. The normalized spacial score (nSPS) is 17.7. The molecule has 5 unspecified atom stereocenters. The Kier molecular flexibility index (Phi) is 19.4. The highest BCUT2D eigenvalue weighted by Crippen LogP contribution is 2.40. The third-order valence-corrected chi connectivity index (χ3v) is 17.2. The molecular formula is C49H76FN5O8Si. The minimum Gasteiger partial charge on any atom is -0.444 e. The molecule has 1 aliphatic carbocycles. The Balaban J connectivity index is 1.69. The van der Waals surface area contributed by atoms with E-state index in [1.165, 1.54) is 23.5 Å². The second-order valence-corrected chi connectivity index (χ2v) is 25.3. The van der Waals surface area contributed by atoms with Crippen LogP contribution < -0.4 is 21.3 Å². The quantitative estimate of drug-likeness (QED) is 0.109. The van der Waals surface area contributed by atoms with Gasteiger partial charge in [-0.25, -0.2) is 14.0 Å². The van der Waals surface area contributed by atoms with Gasteiger partial charge in [-0.1, -0.05) is 109 Å². The highest BCUT2D eigenvalue weighted by Gasteiger charge is 2.43. The second-order valence-electron chi connectivity index (χ2n) is 20.5. The molecule has 1 saturated heterocycles. The van der Waals surface area contributed by atoms with E-state index in [1.807, 2.05) is 65.0 Å². The van der Waals surface area contributed by atoms with Crippen LogP contribution >= 0.6 is 0 Å². The zero-order valence-electron chi connectivity index (χ0n) is 40.0. The van der Waals surface area contributed by atoms with E-state index in [9.17, 15) is 28.4 Å². The molecule has 5 atom stereocenters. The first kappa shape index (κ1) is 52.3. The number of ether oxygens (including phenoxy) is 2. The second kappa shape index (κ2) is 23.7. The van der Waals surface area contributed by atoms with E-state index >= 15 is 0 Å². The van der Waals surface area contributed by atoms with Crippen molar-refractivity contribution in [1.29, 1.82) is 0 Å². The molecule has 1 aliphatic heterocycles. The molecule has 1 heterocycles. The van der Waals surface area contributed by atoms with Crippen molar-refractivity contribution in [3.63, 3.8) is 0 Å². The number of benzene rings is 2. The molecule has 13 nitrogen and oxygen atoms in total. The van der Waals surface area contributed by atoms with Crippen LogP contribution in [0.5, 0.6) is 0 Å². The smallest absolute Gasteiger partial charge is 0.407 e. The molecule has 0 radical (unpaired) electrons. The first-order chi connectivity index (χ1) is 30.0. The number of nitrogens with zero attached hydrogens (tertiary/aromatic N) is 1. The summed E-state index contributed by atoms with van der Waals surface area (Å²) in [5.74, 6) is -2.98. The molecule has 0 aromatic heterocycles. The van der Waals surface area contributed by atoms with E-state index in [0.29, 0.717) is 44.2 Å². The average Bonchev–Trinajstić information content (AvgIpc) is 3.22. The van der Waals surface area contributed by atoms with Crippen LogP contribution in [0.25, 0.3) is 0 Å². The van der Waals surface area contributed by atoms with Crippen molar-refractivity contribution in [1.82, 2.24) is 26.2 Å². The molecule has 4 rings (SSSR count). The Labute approximate surface area is 382 Å². The van der Waals surface area contributed by atoms with Gasteiger partial charge in [0, 0.05) is 25.4 Å². The predicted molar refractivity (Wildman–Crippen MR) is 249 cm³/mol. The number of carbonyl (C=O) groups is 5. The summed E-state index contributed by atoms with van der Waals surface area (Å²) in [5.41, 5.74) is 0.736. The average molecular weight is 910 g/mol. The van der Waals surface area contributed by atoms with Gasteiger partial charge in [-0.05, 0) is 93.3 Å². The number of hydrogen-bond donors (Lipinski definition) is 4. The van der Waals surface area contributed by atoms with Gasteiger partial charge in [0.05, 0.1) is 25.4 Å². The Morgan fingerprint density at radius 1 is 0.797 bits per heavy atom. The predicted octanol–water partition coefficient (Wildman–Crippen LogP) is 8.07. The molecular weight excluding hydrogens is 834 g/mol. The highest BCUT2D eigenvalue weighted by molar-refractivity contribution is 6.74. The van der Waals surface area contributed by atoms with Crippen molar-refractivity contribution in [2.24, 2.45) is 17.8 Å². The minimum absolute atomic E-state index is 0.0975. The van der Waals surface area contributed by atoms with Gasteiger partial charge in [-0.2, -0.15) is 0 Å². The molecule has 0 spiro atoms. The summed E-state index contributed by atoms with van der Waals surface area (Å²) in [6, 6.07) is 11.9. The molecule has 2 fully saturated rings. The van der Waals surface area contributed by atoms with Crippen molar-refractivity contribution < 1.29 is 42.3 Å². The van der Waals surface area contributed by atoms with Crippen LogP contribution in [0.2, 0.25) is 18.1 Å². The van der Waals surface area contributed by atoms with Gasteiger partial charge in [-0.3, -0.25) is 19.7 Å². The summed E-state index contributed by atoms with van der Waals surface area (Å²) in [6.45, 7) is 21.2. The van der Waals surface area contributed by atoms with Gasteiger partial charge >= 0.3 is 12.1 Å². The van der Waals surface area contributed by atoms with Crippen molar-refractivity contribution in [3.05, 3.63) is 71.5 Å². The van der Waals surface area contributed by atoms with Crippen molar-refractivity contribution in [3.8, 4) is 0 Å². The number of urea groups is 1. The van der Waals surface area contributed by atoms with E-state index in [-0.39, 0.29) is 24.3 Å². The van der Waals surface area contributed by atoms with Crippen molar-refractivity contribution >= 4 is 38.2 Å². The lowest BCUT2D eigenvalue weighted by Gasteiger charge is -2.43. The monoisotopic (exact) mass is 910 g/mol. The number of rotatable bonds is 18. The summed E-state index contributed by atoms with van der Waals surface area (Å²) in [6.07, 6.45) is 5.34. The van der Waals surface area contributed by atoms with Gasteiger partial charge in [0.2, 0.25) is 11.8 Å². The van der Waals surface area contributed by atoms with E-state index in [0.717, 1.165) is 31.2 Å². The van der Waals surface area contributed by atoms with Crippen LogP contribution in [-0.2, 0) is 41.1 Å². The number of alkyl carbamates (subject to hydrolysis) is 1. The summed E-state index contributed by atoms with van der Waals surface area (Å²) in [7, 11) is -2.56. The van der Waals surface area contributed by atoms with Gasteiger partial charge < -0.3 is 34.8 Å². The summed E-state index contributed by atoms with van der Waals surface area (Å²) < 4.78 is 32.6. The molecule has 4 N–H and O–H groups in total. The van der Waals surface area contributed by atoms with Gasteiger partial charge in [0.15, 0.2) is 8.32 Å². The molecule has 2 aliphatic rings. The third kappa shape index (κ3) is 16.9. The van der Waals surface area contributed by atoms with Gasteiger partial charge in [0.25, 0.3) is 5.91 Å². The first-order valence-corrected chi connectivity index (χ1v) is 26.2. The molecule has 356 valence electrons. The Morgan fingerprint density at radius 2 is 1.41 bits per heavy atom. The lowest BCUT2D eigenvalue weighted by molar-refractivity contribution is -0.134. The Bertz CT molecular complexity index is 1820. The number of imide groups is 1. The van der Waals surface area contributed by atoms with Gasteiger partial charge in [-0.15, -0.1) is 0 Å². The van der Waals surface area contributed by atoms with E-state index in [2.05, 4.69) is 55.1 Å². The maximum Gasteiger partial charge on any atom is 0.407 e. The largest absolute Gasteiger partial charge is 0.444 e. The van der Waals surface area contributed by atoms with Crippen molar-refractivity contribution in [2.45, 2.75) is 161 Å². The number of nitrogens with one attached hydrogen (secondary N) is 4. The SMILES string of the molecule is CC(C)C(NC(=O)C(Cc1ccc(F)cc1)CC(O[Si](C)(C)C(C)(C)C)C(CC1CCCCC1)NC(=O)OC(C)(C)C)C(=O)NC(Cc1ccccc1)C(=O)NC(=O)N1CCOCC1. The molecule has 15 heteroatoms.